The molecule has 1 saturated heterocycles. The monoisotopic (exact) mass is 427 g/mol. The van der Waals surface area contributed by atoms with E-state index in [0.717, 1.165) is 12.8 Å². The van der Waals surface area contributed by atoms with Crippen LogP contribution in [0.15, 0.2) is 54.6 Å². The summed E-state index contributed by atoms with van der Waals surface area (Å²) >= 11 is 7.10. The minimum atomic E-state index is -0.310. The molecule has 3 aromatic rings. The Kier molecular flexibility index (Phi) is 5.73. The lowest BCUT2D eigenvalue weighted by molar-refractivity contribution is 0.102. The second kappa shape index (κ2) is 8.59. The number of amides is 3. The first-order valence-corrected chi connectivity index (χ1v) is 10.3. The molecule has 1 aliphatic rings. The third-order valence-corrected chi connectivity index (χ3v) is 5.84. The van der Waals surface area contributed by atoms with Gasteiger partial charge in [0.2, 0.25) is 5.01 Å². The van der Waals surface area contributed by atoms with Gasteiger partial charge in [0.25, 0.3) is 5.91 Å². The van der Waals surface area contributed by atoms with Crippen molar-refractivity contribution in [3.63, 3.8) is 0 Å². The van der Waals surface area contributed by atoms with Crippen LogP contribution < -0.4 is 10.6 Å². The van der Waals surface area contributed by atoms with Gasteiger partial charge < -0.3 is 15.5 Å². The molecule has 0 unspecified atom stereocenters. The summed E-state index contributed by atoms with van der Waals surface area (Å²) in [5, 5.41) is 15.4. The molecule has 2 heterocycles. The van der Waals surface area contributed by atoms with Crippen LogP contribution in [-0.4, -0.2) is 33.6 Å². The van der Waals surface area contributed by atoms with Crippen molar-refractivity contribution in [1.82, 2.24) is 15.1 Å². The van der Waals surface area contributed by atoms with Crippen LogP contribution in [0, 0.1) is 0 Å². The molecule has 1 atom stereocenters. The Morgan fingerprint density at radius 3 is 2.48 bits per heavy atom. The fraction of sp³-hybridized carbons (Fsp3) is 0.200. The Morgan fingerprint density at radius 2 is 1.72 bits per heavy atom. The van der Waals surface area contributed by atoms with Crippen LogP contribution in [-0.2, 0) is 0 Å². The third kappa shape index (κ3) is 4.55. The molecular weight excluding hydrogens is 410 g/mol. The molecule has 0 bridgehead atoms. The number of nitrogens with one attached hydrogen (secondary N) is 2. The van der Waals surface area contributed by atoms with E-state index < -0.39 is 0 Å². The van der Waals surface area contributed by atoms with Crippen molar-refractivity contribution >= 4 is 46.3 Å². The van der Waals surface area contributed by atoms with Crippen molar-refractivity contribution in [3.8, 4) is 0 Å². The molecule has 0 saturated carbocycles. The lowest BCUT2D eigenvalue weighted by Gasteiger charge is -2.23. The largest absolute Gasteiger partial charge is 0.322 e. The Hall–Kier alpha value is -2.97. The van der Waals surface area contributed by atoms with E-state index in [-0.39, 0.29) is 23.0 Å². The Labute approximate surface area is 176 Å². The van der Waals surface area contributed by atoms with Gasteiger partial charge in [0.15, 0.2) is 0 Å². The quantitative estimate of drug-likeness (QED) is 0.625. The number of rotatable bonds is 4. The van der Waals surface area contributed by atoms with Gasteiger partial charge in [-0.05, 0) is 49.2 Å². The van der Waals surface area contributed by atoms with Crippen LogP contribution in [0.2, 0.25) is 5.02 Å². The minimum Gasteiger partial charge on any atom is -0.320 e. The van der Waals surface area contributed by atoms with Crippen LogP contribution in [0.4, 0.5) is 16.2 Å². The summed E-state index contributed by atoms with van der Waals surface area (Å²) in [6.45, 7) is 0.620. The number of urea groups is 1. The minimum absolute atomic E-state index is 0.196. The number of aromatic nitrogens is 2. The average Bonchev–Trinajstić information content (AvgIpc) is 3.40. The van der Waals surface area contributed by atoms with Gasteiger partial charge in [-0.25, -0.2) is 4.79 Å². The third-order valence-electron chi connectivity index (χ3n) is 4.56. The van der Waals surface area contributed by atoms with Crippen LogP contribution in [0.5, 0.6) is 0 Å². The number of carbonyl (C=O) groups excluding carboxylic acids is 2. The van der Waals surface area contributed by atoms with Crippen molar-refractivity contribution < 1.29 is 9.59 Å². The van der Waals surface area contributed by atoms with Crippen molar-refractivity contribution in [2.24, 2.45) is 0 Å². The Morgan fingerprint density at radius 1 is 1.00 bits per heavy atom. The van der Waals surface area contributed by atoms with E-state index in [4.69, 9.17) is 11.6 Å². The molecule has 29 heavy (non-hydrogen) atoms. The molecule has 148 valence electrons. The number of nitrogens with zero attached hydrogens (tertiary/aromatic N) is 3. The number of halogens is 1. The van der Waals surface area contributed by atoms with Crippen molar-refractivity contribution in [2.75, 3.05) is 17.2 Å². The topological polar surface area (TPSA) is 87.2 Å². The summed E-state index contributed by atoms with van der Waals surface area (Å²) in [4.78, 5) is 26.9. The van der Waals surface area contributed by atoms with Crippen LogP contribution >= 0.6 is 22.9 Å². The Bertz CT molecular complexity index is 1010. The summed E-state index contributed by atoms with van der Waals surface area (Å²) in [6, 6.07) is 15.7. The highest BCUT2D eigenvalue weighted by atomic mass is 35.5. The lowest BCUT2D eigenvalue weighted by atomic mass is 10.2. The maximum absolute atomic E-state index is 12.7. The van der Waals surface area contributed by atoms with Crippen LogP contribution in [0.25, 0.3) is 0 Å². The number of likely N-dealkylation sites (tertiary alicyclic amines) is 1. The van der Waals surface area contributed by atoms with Gasteiger partial charge in [-0.2, -0.15) is 0 Å². The number of hydrogen-bond donors (Lipinski definition) is 2. The van der Waals surface area contributed by atoms with E-state index in [1.54, 1.807) is 41.3 Å². The number of benzene rings is 2. The SMILES string of the molecule is O=C(Nc1ccccc1)c1nnc([C@@H]2CCCN2C(=O)Nc2ccc(Cl)cc2)s1. The highest BCUT2D eigenvalue weighted by Gasteiger charge is 2.33. The second-order valence-electron chi connectivity index (χ2n) is 6.55. The van der Waals surface area contributed by atoms with Gasteiger partial charge in [0, 0.05) is 22.9 Å². The summed E-state index contributed by atoms with van der Waals surface area (Å²) in [5.74, 6) is -0.310. The standard InChI is InChI=1S/C20H18ClN5O2S/c21-13-8-10-15(11-9-13)23-20(28)26-12-4-7-16(26)18-24-25-19(29-18)17(27)22-14-5-2-1-3-6-14/h1-3,5-6,8-11,16H,4,7,12H2,(H,22,27)(H,23,28)/t16-/m0/s1. The zero-order chi connectivity index (χ0) is 20.2. The van der Waals surface area contributed by atoms with E-state index >= 15 is 0 Å². The van der Waals surface area contributed by atoms with Crippen molar-refractivity contribution in [2.45, 2.75) is 18.9 Å². The molecule has 3 amide bonds. The van der Waals surface area contributed by atoms with E-state index in [1.807, 2.05) is 18.2 Å². The normalized spacial score (nSPS) is 15.9. The summed E-state index contributed by atoms with van der Waals surface area (Å²) < 4.78 is 0. The predicted octanol–water partition coefficient (Wildman–Crippen LogP) is 4.81. The average molecular weight is 428 g/mol. The smallest absolute Gasteiger partial charge is 0.320 e. The zero-order valence-electron chi connectivity index (χ0n) is 15.3. The molecule has 0 aliphatic carbocycles. The molecule has 1 aromatic heterocycles. The van der Waals surface area contributed by atoms with E-state index in [2.05, 4.69) is 20.8 Å². The summed E-state index contributed by atoms with van der Waals surface area (Å²) in [5.41, 5.74) is 1.37. The highest BCUT2D eigenvalue weighted by Crippen LogP contribution is 2.34. The van der Waals surface area contributed by atoms with Gasteiger partial charge in [-0.1, -0.05) is 41.1 Å². The fourth-order valence-corrected chi connectivity index (χ4v) is 4.17. The maximum atomic E-state index is 12.7. The number of carbonyl (C=O) groups is 2. The lowest BCUT2D eigenvalue weighted by Crippen LogP contribution is -2.34. The molecule has 2 aromatic carbocycles. The van der Waals surface area contributed by atoms with Gasteiger partial charge >= 0.3 is 6.03 Å². The molecular formula is C20H18ClN5O2S. The molecule has 2 N–H and O–H groups in total. The molecule has 4 rings (SSSR count). The maximum Gasteiger partial charge on any atom is 0.322 e. The summed E-state index contributed by atoms with van der Waals surface area (Å²) in [7, 11) is 0. The van der Waals surface area contributed by atoms with E-state index in [0.29, 0.717) is 27.9 Å². The first-order chi connectivity index (χ1) is 14.1. The predicted molar refractivity (Wildman–Crippen MR) is 113 cm³/mol. The highest BCUT2D eigenvalue weighted by molar-refractivity contribution is 7.13. The van der Waals surface area contributed by atoms with Gasteiger partial charge in [0.05, 0.1) is 6.04 Å². The number of hydrogen-bond acceptors (Lipinski definition) is 5. The molecule has 0 spiro atoms. The molecule has 1 fully saturated rings. The number of anilines is 2. The fourth-order valence-electron chi connectivity index (χ4n) is 3.16. The van der Waals surface area contributed by atoms with E-state index in [1.165, 1.54) is 11.3 Å². The Balaban J connectivity index is 1.44. The van der Waals surface area contributed by atoms with Gasteiger partial charge in [-0.3, -0.25) is 4.79 Å². The zero-order valence-corrected chi connectivity index (χ0v) is 16.9. The van der Waals surface area contributed by atoms with Crippen LogP contribution in [0.1, 0.15) is 33.7 Å². The van der Waals surface area contributed by atoms with Gasteiger partial charge in [0.1, 0.15) is 5.01 Å². The van der Waals surface area contributed by atoms with E-state index in [9.17, 15) is 9.59 Å². The van der Waals surface area contributed by atoms with Gasteiger partial charge in [-0.15, -0.1) is 10.2 Å². The molecule has 7 nitrogen and oxygen atoms in total. The molecule has 0 radical (unpaired) electrons. The molecule has 9 heteroatoms. The van der Waals surface area contributed by atoms with Crippen molar-refractivity contribution in [3.05, 3.63) is 69.6 Å². The first kappa shape index (κ1) is 19.4. The second-order valence-corrected chi connectivity index (χ2v) is 8.00. The number of para-hydroxylation sites is 1. The summed E-state index contributed by atoms with van der Waals surface area (Å²) in [6.07, 6.45) is 1.65. The van der Waals surface area contributed by atoms with Crippen molar-refractivity contribution in [1.29, 1.82) is 0 Å². The molecule has 1 aliphatic heterocycles. The van der Waals surface area contributed by atoms with Crippen LogP contribution in [0.3, 0.4) is 0 Å². The first-order valence-electron chi connectivity index (χ1n) is 9.13.